The van der Waals surface area contributed by atoms with Crippen molar-refractivity contribution in [2.75, 3.05) is 18.8 Å². The minimum absolute atomic E-state index is 0.160. The minimum atomic E-state index is -3.24. The molecule has 5 heteroatoms. The number of aromatic amines is 1. The third kappa shape index (κ3) is 3.55. The zero-order valence-corrected chi connectivity index (χ0v) is 15.6. The molecule has 1 atom stereocenters. The molecule has 0 aliphatic carbocycles. The van der Waals surface area contributed by atoms with Gasteiger partial charge in [0.25, 0.3) is 0 Å². The van der Waals surface area contributed by atoms with E-state index in [0.717, 1.165) is 24.9 Å². The van der Waals surface area contributed by atoms with Gasteiger partial charge in [0, 0.05) is 23.8 Å². The fraction of sp³-hybridized carbons (Fsp3) is 0.333. The fourth-order valence-corrected chi connectivity index (χ4v) is 5.15. The Bertz CT molecular complexity index is 946. The summed E-state index contributed by atoms with van der Waals surface area (Å²) in [7, 11) is -3.24. The molecule has 2 heterocycles. The van der Waals surface area contributed by atoms with E-state index in [0.29, 0.717) is 11.4 Å². The van der Waals surface area contributed by atoms with Crippen molar-refractivity contribution in [3.8, 4) is 0 Å². The van der Waals surface area contributed by atoms with Gasteiger partial charge in [0.2, 0.25) is 0 Å². The van der Waals surface area contributed by atoms with E-state index in [1.54, 1.807) is 24.3 Å². The second-order valence-corrected chi connectivity index (χ2v) is 9.10. The first-order chi connectivity index (χ1) is 12.6. The van der Waals surface area contributed by atoms with Crippen LogP contribution in [0.2, 0.25) is 0 Å². The molecule has 2 aromatic carbocycles. The number of para-hydroxylation sites is 1. The van der Waals surface area contributed by atoms with Gasteiger partial charge < -0.3 is 4.98 Å². The molecule has 1 N–H and O–H groups in total. The topological polar surface area (TPSA) is 53.2 Å². The molecule has 0 spiro atoms. The molecule has 1 aromatic heterocycles. The van der Waals surface area contributed by atoms with E-state index in [1.165, 1.54) is 17.5 Å². The lowest BCUT2D eigenvalue weighted by atomic mass is 9.99. The molecular formula is C21H24N2O2S. The van der Waals surface area contributed by atoms with Crippen molar-refractivity contribution < 1.29 is 8.42 Å². The van der Waals surface area contributed by atoms with Crippen LogP contribution in [0.15, 0.2) is 65.6 Å². The summed E-state index contributed by atoms with van der Waals surface area (Å²) in [5.41, 5.74) is 2.34. The largest absolute Gasteiger partial charge is 0.357 e. The summed E-state index contributed by atoms with van der Waals surface area (Å²) in [6, 6.07) is 19.5. The molecular weight excluding hydrogens is 344 g/mol. The van der Waals surface area contributed by atoms with Crippen molar-refractivity contribution in [2.24, 2.45) is 0 Å². The molecule has 4 nitrogen and oxygen atoms in total. The van der Waals surface area contributed by atoms with Crippen LogP contribution in [0.3, 0.4) is 0 Å². The lowest BCUT2D eigenvalue weighted by molar-refractivity contribution is 0.155. The van der Waals surface area contributed by atoms with Crippen LogP contribution in [0.1, 0.15) is 31.0 Å². The molecule has 0 radical (unpaired) electrons. The zero-order chi connectivity index (χ0) is 18.0. The number of hydrogen-bond donors (Lipinski definition) is 1. The predicted molar refractivity (Wildman–Crippen MR) is 105 cm³/mol. The van der Waals surface area contributed by atoms with Gasteiger partial charge in [-0.3, -0.25) is 4.90 Å². The normalized spacial score (nSPS) is 19.0. The van der Waals surface area contributed by atoms with Gasteiger partial charge in [-0.15, -0.1) is 0 Å². The fourth-order valence-electron chi connectivity index (χ4n) is 3.87. The highest BCUT2D eigenvalue weighted by atomic mass is 32.2. The van der Waals surface area contributed by atoms with E-state index in [2.05, 4.69) is 28.1 Å². The van der Waals surface area contributed by atoms with Gasteiger partial charge in [-0.25, -0.2) is 8.42 Å². The predicted octanol–water partition coefficient (Wildman–Crippen LogP) is 4.17. The van der Waals surface area contributed by atoms with Crippen molar-refractivity contribution in [1.82, 2.24) is 9.88 Å². The van der Waals surface area contributed by atoms with Crippen molar-refractivity contribution >= 4 is 20.7 Å². The number of piperidine rings is 1. The van der Waals surface area contributed by atoms with Crippen LogP contribution in [-0.4, -0.2) is 37.1 Å². The zero-order valence-electron chi connectivity index (χ0n) is 14.8. The van der Waals surface area contributed by atoms with Crippen molar-refractivity contribution in [3.05, 3.63) is 66.4 Å². The Labute approximate surface area is 154 Å². The van der Waals surface area contributed by atoms with Crippen LogP contribution in [0.25, 0.3) is 10.9 Å². The second-order valence-electron chi connectivity index (χ2n) is 6.99. The molecule has 1 aliphatic heterocycles. The van der Waals surface area contributed by atoms with Gasteiger partial charge in [-0.2, -0.15) is 0 Å². The van der Waals surface area contributed by atoms with Crippen molar-refractivity contribution in [1.29, 1.82) is 0 Å². The lowest BCUT2D eigenvalue weighted by Gasteiger charge is -2.35. The Morgan fingerprint density at radius 1 is 1.00 bits per heavy atom. The Morgan fingerprint density at radius 3 is 2.58 bits per heavy atom. The maximum Gasteiger partial charge on any atom is 0.179 e. The Kier molecular flexibility index (Phi) is 4.83. The van der Waals surface area contributed by atoms with E-state index < -0.39 is 9.84 Å². The summed E-state index contributed by atoms with van der Waals surface area (Å²) in [6.45, 7) is 1.52. The van der Waals surface area contributed by atoms with Crippen LogP contribution < -0.4 is 0 Å². The molecule has 4 rings (SSSR count). The van der Waals surface area contributed by atoms with Crippen molar-refractivity contribution in [3.63, 3.8) is 0 Å². The van der Waals surface area contributed by atoms with Crippen LogP contribution in [-0.2, 0) is 9.84 Å². The standard InChI is InChI=1S/C21H24N2O2S/c24-26(25,18-9-2-1-3-10-18)15-14-23-13-7-6-12-21(23)20-16-17-8-4-5-11-19(17)22-20/h1-5,8-11,16,21-22H,6-7,12-15H2. The first-order valence-corrected chi connectivity index (χ1v) is 10.9. The molecule has 0 amide bonds. The van der Waals surface area contributed by atoms with E-state index in [-0.39, 0.29) is 11.8 Å². The van der Waals surface area contributed by atoms with Gasteiger partial charge in [0.15, 0.2) is 9.84 Å². The summed E-state index contributed by atoms with van der Waals surface area (Å²) >= 11 is 0. The number of likely N-dealkylation sites (tertiary alicyclic amines) is 1. The molecule has 1 aliphatic rings. The number of aromatic nitrogens is 1. The molecule has 1 fully saturated rings. The third-order valence-electron chi connectivity index (χ3n) is 5.27. The average molecular weight is 369 g/mol. The first kappa shape index (κ1) is 17.3. The second kappa shape index (κ2) is 7.25. The number of benzene rings is 2. The van der Waals surface area contributed by atoms with Gasteiger partial charge in [0.05, 0.1) is 10.6 Å². The number of nitrogens with zero attached hydrogens (tertiary/aromatic N) is 1. The maximum atomic E-state index is 12.6. The highest BCUT2D eigenvalue weighted by Gasteiger charge is 2.27. The molecule has 0 bridgehead atoms. The van der Waals surface area contributed by atoms with Crippen LogP contribution in [0.4, 0.5) is 0 Å². The van der Waals surface area contributed by atoms with E-state index >= 15 is 0 Å². The quantitative estimate of drug-likeness (QED) is 0.735. The first-order valence-electron chi connectivity index (χ1n) is 9.23. The molecule has 1 saturated heterocycles. The molecule has 136 valence electrons. The van der Waals surface area contributed by atoms with Crippen LogP contribution >= 0.6 is 0 Å². The Balaban J connectivity index is 1.52. The number of nitrogens with one attached hydrogen (secondary N) is 1. The number of H-pyrrole nitrogens is 1. The van der Waals surface area contributed by atoms with E-state index in [9.17, 15) is 8.42 Å². The third-order valence-corrected chi connectivity index (χ3v) is 6.98. The molecule has 1 unspecified atom stereocenters. The number of rotatable bonds is 5. The summed E-state index contributed by atoms with van der Waals surface area (Å²) < 4.78 is 25.2. The van der Waals surface area contributed by atoms with Gasteiger partial charge >= 0.3 is 0 Å². The van der Waals surface area contributed by atoms with Crippen molar-refractivity contribution in [2.45, 2.75) is 30.2 Å². The summed E-state index contributed by atoms with van der Waals surface area (Å²) in [5.74, 6) is 0.160. The van der Waals surface area contributed by atoms with E-state index in [1.807, 2.05) is 18.2 Å². The Hall–Kier alpha value is -2.11. The highest BCUT2D eigenvalue weighted by Crippen LogP contribution is 2.32. The monoisotopic (exact) mass is 368 g/mol. The number of fused-ring (bicyclic) bond motifs is 1. The maximum absolute atomic E-state index is 12.6. The average Bonchev–Trinajstić information content (AvgIpc) is 3.11. The smallest absolute Gasteiger partial charge is 0.179 e. The molecule has 0 saturated carbocycles. The lowest BCUT2D eigenvalue weighted by Crippen LogP contribution is -2.37. The SMILES string of the molecule is O=S(=O)(CCN1CCCCC1c1cc2ccccc2[nH]1)c1ccccc1. The summed E-state index contributed by atoms with van der Waals surface area (Å²) in [6.07, 6.45) is 3.38. The highest BCUT2D eigenvalue weighted by molar-refractivity contribution is 7.91. The molecule has 3 aromatic rings. The van der Waals surface area contributed by atoms with Crippen LogP contribution in [0, 0.1) is 0 Å². The number of sulfone groups is 1. The van der Waals surface area contributed by atoms with Gasteiger partial charge in [-0.05, 0) is 49.0 Å². The van der Waals surface area contributed by atoms with E-state index in [4.69, 9.17) is 0 Å². The van der Waals surface area contributed by atoms with Gasteiger partial charge in [-0.1, -0.05) is 42.8 Å². The molecule has 26 heavy (non-hydrogen) atoms. The number of hydrogen-bond acceptors (Lipinski definition) is 3. The minimum Gasteiger partial charge on any atom is -0.357 e. The van der Waals surface area contributed by atoms with Crippen LogP contribution in [0.5, 0.6) is 0 Å². The summed E-state index contributed by atoms with van der Waals surface area (Å²) in [4.78, 5) is 6.28. The summed E-state index contributed by atoms with van der Waals surface area (Å²) in [5, 5.41) is 1.21. The Morgan fingerprint density at radius 2 is 1.77 bits per heavy atom. The van der Waals surface area contributed by atoms with Gasteiger partial charge in [0.1, 0.15) is 0 Å².